The highest BCUT2D eigenvalue weighted by Crippen LogP contribution is 2.01. The average molecular weight is 179 g/mol. The van der Waals surface area contributed by atoms with Crippen LogP contribution in [0.4, 0.5) is 0 Å². The molecule has 1 aromatic rings. The van der Waals surface area contributed by atoms with Crippen molar-refractivity contribution in [2.75, 3.05) is 6.54 Å². The lowest BCUT2D eigenvalue weighted by Crippen LogP contribution is -2.06. The van der Waals surface area contributed by atoms with E-state index in [9.17, 15) is 4.79 Å². The van der Waals surface area contributed by atoms with Gasteiger partial charge in [-0.2, -0.15) is 0 Å². The van der Waals surface area contributed by atoms with E-state index in [1.165, 1.54) is 18.6 Å². The van der Waals surface area contributed by atoms with E-state index in [1.54, 1.807) is 12.3 Å². The van der Waals surface area contributed by atoms with Gasteiger partial charge in [0, 0.05) is 18.8 Å². The highest BCUT2D eigenvalue weighted by molar-refractivity contribution is 6.04. The molecule has 1 aromatic heterocycles. The maximum Gasteiger partial charge on any atom is 0.190 e. The van der Waals surface area contributed by atoms with Gasteiger partial charge < -0.3 is 9.73 Å². The SMILES string of the molecule is CCCN/C=C\C(=O)c1ccoc1. The number of allylic oxidation sites excluding steroid dienone is 1. The Morgan fingerprint density at radius 2 is 2.54 bits per heavy atom. The van der Waals surface area contributed by atoms with E-state index in [1.807, 2.05) is 0 Å². The molecular weight excluding hydrogens is 166 g/mol. The second-order valence-electron chi connectivity index (χ2n) is 2.66. The molecule has 0 saturated carbocycles. The molecule has 0 saturated heterocycles. The van der Waals surface area contributed by atoms with Crippen molar-refractivity contribution < 1.29 is 9.21 Å². The van der Waals surface area contributed by atoms with Gasteiger partial charge in [-0.15, -0.1) is 0 Å². The summed E-state index contributed by atoms with van der Waals surface area (Å²) < 4.78 is 4.79. The number of rotatable bonds is 5. The van der Waals surface area contributed by atoms with Crippen molar-refractivity contribution in [3.05, 3.63) is 36.4 Å². The molecule has 3 nitrogen and oxygen atoms in total. The van der Waals surface area contributed by atoms with Crippen molar-refractivity contribution in [2.45, 2.75) is 13.3 Å². The second kappa shape index (κ2) is 5.19. The highest BCUT2D eigenvalue weighted by Gasteiger charge is 2.00. The van der Waals surface area contributed by atoms with Crippen molar-refractivity contribution in [1.82, 2.24) is 5.32 Å². The van der Waals surface area contributed by atoms with Gasteiger partial charge in [0.25, 0.3) is 0 Å². The standard InChI is InChI=1S/C10H13NO2/c1-2-5-11-6-3-10(12)9-4-7-13-8-9/h3-4,6-8,11H,2,5H2,1H3/b6-3-. The van der Waals surface area contributed by atoms with Gasteiger partial charge in [-0.25, -0.2) is 0 Å². The maximum atomic E-state index is 11.3. The zero-order chi connectivity index (χ0) is 9.52. The van der Waals surface area contributed by atoms with Crippen LogP contribution in [-0.4, -0.2) is 12.3 Å². The molecule has 0 bridgehead atoms. The summed E-state index contributed by atoms with van der Waals surface area (Å²) in [5.41, 5.74) is 0.578. The lowest BCUT2D eigenvalue weighted by molar-refractivity contribution is 0.104. The smallest absolute Gasteiger partial charge is 0.190 e. The number of nitrogens with one attached hydrogen (secondary N) is 1. The Morgan fingerprint density at radius 3 is 3.15 bits per heavy atom. The van der Waals surface area contributed by atoms with E-state index in [0.717, 1.165) is 13.0 Å². The Morgan fingerprint density at radius 1 is 1.69 bits per heavy atom. The number of carbonyl (C=O) groups excluding carboxylic acids is 1. The van der Waals surface area contributed by atoms with E-state index in [2.05, 4.69) is 12.2 Å². The van der Waals surface area contributed by atoms with Crippen LogP contribution in [0, 0.1) is 0 Å². The number of hydrogen-bond donors (Lipinski definition) is 1. The molecule has 3 heteroatoms. The van der Waals surface area contributed by atoms with Crippen LogP contribution in [-0.2, 0) is 0 Å². The van der Waals surface area contributed by atoms with E-state index < -0.39 is 0 Å². The molecule has 0 radical (unpaired) electrons. The van der Waals surface area contributed by atoms with Crippen LogP contribution in [0.1, 0.15) is 23.7 Å². The summed E-state index contributed by atoms with van der Waals surface area (Å²) in [4.78, 5) is 11.3. The van der Waals surface area contributed by atoms with Crippen molar-refractivity contribution >= 4 is 5.78 Å². The first-order chi connectivity index (χ1) is 6.34. The van der Waals surface area contributed by atoms with E-state index in [-0.39, 0.29) is 5.78 Å². The Hall–Kier alpha value is -1.51. The first-order valence-electron chi connectivity index (χ1n) is 4.31. The Kier molecular flexibility index (Phi) is 3.82. The molecular formula is C10H13NO2. The van der Waals surface area contributed by atoms with Gasteiger partial charge in [0.2, 0.25) is 0 Å². The monoisotopic (exact) mass is 179 g/mol. The van der Waals surface area contributed by atoms with Crippen LogP contribution in [0.3, 0.4) is 0 Å². The predicted molar refractivity (Wildman–Crippen MR) is 50.5 cm³/mol. The summed E-state index contributed by atoms with van der Waals surface area (Å²) in [5.74, 6) is -0.0441. The fourth-order valence-corrected chi connectivity index (χ4v) is 0.863. The fraction of sp³-hybridized carbons (Fsp3) is 0.300. The molecule has 1 rings (SSSR count). The molecule has 0 atom stereocenters. The minimum atomic E-state index is -0.0441. The van der Waals surface area contributed by atoms with Crippen LogP contribution < -0.4 is 5.32 Å². The second-order valence-corrected chi connectivity index (χ2v) is 2.66. The van der Waals surface area contributed by atoms with Gasteiger partial charge in [-0.3, -0.25) is 4.79 Å². The third kappa shape index (κ3) is 3.15. The molecule has 1 N–H and O–H groups in total. The molecule has 0 aliphatic carbocycles. The zero-order valence-electron chi connectivity index (χ0n) is 7.62. The van der Waals surface area contributed by atoms with Crippen LogP contribution in [0.25, 0.3) is 0 Å². The summed E-state index contributed by atoms with van der Waals surface area (Å²) in [6.07, 6.45) is 7.14. The minimum Gasteiger partial charge on any atom is -0.472 e. The number of ketones is 1. The molecule has 0 amide bonds. The first-order valence-corrected chi connectivity index (χ1v) is 4.31. The summed E-state index contributed by atoms with van der Waals surface area (Å²) >= 11 is 0. The molecule has 70 valence electrons. The molecule has 0 aromatic carbocycles. The average Bonchev–Trinajstić information content (AvgIpc) is 2.65. The van der Waals surface area contributed by atoms with E-state index in [4.69, 9.17) is 4.42 Å². The molecule has 13 heavy (non-hydrogen) atoms. The normalized spacial score (nSPS) is 10.5. The molecule has 0 aliphatic rings. The topological polar surface area (TPSA) is 42.2 Å². The Bertz CT molecular complexity index is 275. The summed E-state index contributed by atoms with van der Waals surface area (Å²) in [6.45, 7) is 2.95. The molecule has 0 spiro atoms. The van der Waals surface area contributed by atoms with E-state index in [0.29, 0.717) is 5.56 Å². The number of carbonyl (C=O) groups is 1. The third-order valence-corrected chi connectivity index (χ3v) is 1.55. The van der Waals surface area contributed by atoms with Crippen molar-refractivity contribution in [3.63, 3.8) is 0 Å². The van der Waals surface area contributed by atoms with Gasteiger partial charge in [-0.1, -0.05) is 6.92 Å². The highest BCUT2D eigenvalue weighted by atomic mass is 16.3. The van der Waals surface area contributed by atoms with Crippen molar-refractivity contribution in [3.8, 4) is 0 Å². The lowest BCUT2D eigenvalue weighted by atomic mass is 10.2. The minimum absolute atomic E-state index is 0.0441. The summed E-state index contributed by atoms with van der Waals surface area (Å²) in [6, 6.07) is 1.65. The summed E-state index contributed by atoms with van der Waals surface area (Å²) in [5, 5.41) is 3.00. The van der Waals surface area contributed by atoms with Crippen LogP contribution in [0.5, 0.6) is 0 Å². The quantitative estimate of drug-likeness (QED) is 0.427. The lowest BCUT2D eigenvalue weighted by Gasteiger charge is -1.93. The third-order valence-electron chi connectivity index (χ3n) is 1.55. The molecule has 0 aliphatic heterocycles. The van der Waals surface area contributed by atoms with Crippen LogP contribution in [0.2, 0.25) is 0 Å². The predicted octanol–water partition coefficient (Wildman–Crippen LogP) is 1.98. The molecule has 0 unspecified atom stereocenters. The van der Waals surface area contributed by atoms with Gasteiger partial charge in [0.15, 0.2) is 5.78 Å². The largest absolute Gasteiger partial charge is 0.472 e. The summed E-state index contributed by atoms with van der Waals surface area (Å²) in [7, 11) is 0. The van der Waals surface area contributed by atoms with Crippen LogP contribution >= 0.6 is 0 Å². The van der Waals surface area contributed by atoms with Crippen molar-refractivity contribution in [1.29, 1.82) is 0 Å². The van der Waals surface area contributed by atoms with Gasteiger partial charge >= 0.3 is 0 Å². The van der Waals surface area contributed by atoms with Crippen molar-refractivity contribution in [2.24, 2.45) is 0 Å². The van der Waals surface area contributed by atoms with Gasteiger partial charge in [0.1, 0.15) is 6.26 Å². The fourth-order valence-electron chi connectivity index (χ4n) is 0.863. The number of hydrogen-bond acceptors (Lipinski definition) is 3. The zero-order valence-corrected chi connectivity index (χ0v) is 7.62. The first kappa shape index (κ1) is 9.58. The Balaban J connectivity index is 2.38. The molecule has 1 heterocycles. The van der Waals surface area contributed by atoms with E-state index >= 15 is 0 Å². The number of furan rings is 1. The molecule has 0 fully saturated rings. The van der Waals surface area contributed by atoms with Crippen LogP contribution in [0.15, 0.2) is 35.3 Å². The maximum absolute atomic E-state index is 11.3. The van der Waals surface area contributed by atoms with Gasteiger partial charge in [0.05, 0.1) is 11.8 Å². The Labute approximate surface area is 77.4 Å². The van der Waals surface area contributed by atoms with Gasteiger partial charge in [-0.05, 0) is 12.5 Å².